The number of benzene rings is 4. The number of fused-ring (bicyclic) bond motifs is 3. The van der Waals surface area contributed by atoms with Crippen molar-refractivity contribution in [3.63, 3.8) is 0 Å². The molecule has 0 spiro atoms. The van der Waals surface area contributed by atoms with E-state index in [2.05, 4.69) is 11.7 Å². The molecule has 0 saturated heterocycles. The second kappa shape index (κ2) is 13.0. The summed E-state index contributed by atoms with van der Waals surface area (Å²) in [6.45, 7) is 7.22. The van der Waals surface area contributed by atoms with Gasteiger partial charge in [0.1, 0.15) is 5.75 Å². The zero-order chi connectivity index (χ0) is 32.4. The Bertz CT molecular complexity index is 1860. The van der Waals surface area contributed by atoms with E-state index in [0.717, 1.165) is 51.6 Å². The molecule has 2 aliphatic heterocycles. The fourth-order valence-electron chi connectivity index (χ4n) is 6.41. The number of phenolic OH excluding ortho intramolecular Hbond substituents is 1. The van der Waals surface area contributed by atoms with E-state index in [1.807, 2.05) is 55.6 Å². The molecule has 0 fully saturated rings. The van der Waals surface area contributed by atoms with Gasteiger partial charge in [0.05, 0.1) is 30.7 Å². The van der Waals surface area contributed by atoms with Crippen LogP contribution in [0.25, 0.3) is 16.3 Å². The largest absolute Gasteiger partial charge is 0.507 e. The molecule has 0 atom stereocenters. The predicted molar refractivity (Wildman–Crippen MR) is 182 cm³/mol. The lowest BCUT2D eigenvalue weighted by molar-refractivity contribution is -0.118. The Balaban J connectivity index is 1.07. The Morgan fingerprint density at radius 2 is 1.83 bits per heavy atom. The van der Waals surface area contributed by atoms with E-state index >= 15 is 0 Å². The molecular formula is C37H38N4O5. The number of hydrogen-bond acceptors (Lipinski definition) is 7. The summed E-state index contributed by atoms with van der Waals surface area (Å²) in [5.41, 5.74) is 12.4. The number of phenols is 1. The Morgan fingerprint density at radius 3 is 2.59 bits per heavy atom. The molecule has 0 radical (unpaired) electrons. The highest BCUT2D eigenvalue weighted by Crippen LogP contribution is 2.41. The summed E-state index contributed by atoms with van der Waals surface area (Å²) in [7, 11) is 1.53. The van der Waals surface area contributed by atoms with E-state index in [1.165, 1.54) is 7.11 Å². The quantitative estimate of drug-likeness (QED) is 0.115. The molecular weight excluding hydrogens is 580 g/mol. The second-order valence-electron chi connectivity index (χ2n) is 11.7. The number of methoxy groups -OCH3 is 1. The molecule has 0 unspecified atom stereocenters. The van der Waals surface area contributed by atoms with Crippen LogP contribution in [0.5, 0.6) is 17.2 Å². The molecule has 2 aliphatic rings. The lowest BCUT2D eigenvalue weighted by Crippen LogP contribution is -2.28. The normalized spacial score (nSPS) is 13.9. The minimum absolute atomic E-state index is 0.0280. The Hall–Kier alpha value is -5.31. The lowest BCUT2D eigenvalue weighted by atomic mass is 9.97. The number of ether oxygens (including phenoxy) is 2. The highest BCUT2D eigenvalue weighted by Gasteiger charge is 2.28. The van der Waals surface area contributed by atoms with Gasteiger partial charge in [-0.25, -0.2) is 0 Å². The number of aliphatic imine (C=N–C) groups is 1. The molecule has 9 heteroatoms. The fourth-order valence-corrected chi connectivity index (χ4v) is 6.41. The number of anilines is 2. The van der Waals surface area contributed by atoms with Gasteiger partial charge >= 0.3 is 0 Å². The maximum Gasteiger partial charge on any atom is 0.260 e. The van der Waals surface area contributed by atoms with Gasteiger partial charge in [0.15, 0.2) is 11.5 Å². The SMILES string of the molecule is C=Nc1cc(OCCCCC(=O)N2CCc3c2cc(O)c2cccc(C)c32)c(OC)cc1C(=O)N1C=C(c2ccc(N)cc2)CC1. The number of amides is 2. The van der Waals surface area contributed by atoms with Crippen molar-refractivity contribution in [1.82, 2.24) is 4.90 Å². The number of nitrogens with zero attached hydrogens (tertiary/aromatic N) is 3. The average Bonchev–Trinajstić information content (AvgIpc) is 3.72. The number of unbranched alkanes of at least 4 members (excludes halogenated alkanes) is 1. The monoisotopic (exact) mass is 618 g/mol. The molecule has 0 saturated carbocycles. The van der Waals surface area contributed by atoms with E-state index in [0.29, 0.717) is 67.4 Å². The van der Waals surface area contributed by atoms with Crippen LogP contribution in [0.1, 0.15) is 52.7 Å². The topological polar surface area (TPSA) is 118 Å². The van der Waals surface area contributed by atoms with Gasteiger partial charge in [0, 0.05) is 48.9 Å². The van der Waals surface area contributed by atoms with Crippen LogP contribution in [0.15, 0.2) is 71.9 Å². The molecule has 0 bridgehead atoms. The van der Waals surface area contributed by atoms with Crippen molar-refractivity contribution in [3.05, 3.63) is 89.1 Å². The van der Waals surface area contributed by atoms with Gasteiger partial charge in [0.25, 0.3) is 5.91 Å². The van der Waals surface area contributed by atoms with Gasteiger partial charge in [-0.3, -0.25) is 14.6 Å². The molecule has 0 aliphatic carbocycles. The summed E-state index contributed by atoms with van der Waals surface area (Å²) in [6.07, 6.45) is 5.00. The van der Waals surface area contributed by atoms with E-state index < -0.39 is 0 Å². The molecule has 4 aromatic rings. The summed E-state index contributed by atoms with van der Waals surface area (Å²) in [5.74, 6) is 0.903. The van der Waals surface area contributed by atoms with Gasteiger partial charge in [-0.15, -0.1) is 0 Å². The summed E-state index contributed by atoms with van der Waals surface area (Å²) >= 11 is 0. The molecule has 236 valence electrons. The Labute approximate surface area is 268 Å². The molecule has 4 aromatic carbocycles. The number of aromatic hydroxyl groups is 1. The molecule has 2 heterocycles. The third-order valence-electron chi connectivity index (χ3n) is 8.81. The zero-order valence-electron chi connectivity index (χ0n) is 26.2. The van der Waals surface area contributed by atoms with Crippen molar-refractivity contribution in [3.8, 4) is 17.2 Å². The molecule has 0 aromatic heterocycles. The van der Waals surface area contributed by atoms with Crippen LogP contribution < -0.4 is 20.1 Å². The third kappa shape index (κ3) is 5.88. The standard InChI is InChI=1S/C37H38N4O5/c1-23-7-6-8-28-32(42)21-31-27(36(23)28)15-17-41(31)35(43)9-4-5-18-46-34-20-30(39-2)29(19-33(34)45-3)37(44)40-16-14-25(22-40)24-10-12-26(38)13-11-24/h6-8,10-13,19-22,42H,2,4-5,9,14-18,38H2,1,3H3. The minimum Gasteiger partial charge on any atom is -0.507 e. The first-order chi connectivity index (χ1) is 22.3. The minimum atomic E-state index is -0.198. The number of carbonyl (C=O) groups excluding carboxylic acids is 2. The highest BCUT2D eigenvalue weighted by molar-refractivity contribution is 6.04. The van der Waals surface area contributed by atoms with Crippen molar-refractivity contribution < 1.29 is 24.2 Å². The molecule has 46 heavy (non-hydrogen) atoms. The predicted octanol–water partition coefficient (Wildman–Crippen LogP) is 6.80. The van der Waals surface area contributed by atoms with Crippen LogP contribution in [-0.4, -0.2) is 55.3 Å². The highest BCUT2D eigenvalue weighted by atomic mass is 16.5. The summed E-state index contributed by atoms with van der Waals surface area (Å²) in [5, 5.41) is 12.5. The van der Waals surface area contributed by atoms with Gasteiger partial charge in [-0.1, -0.05) is 30.3 Å². The van der Waals surface area contributed by atoms with Crippen molar-refractivity contribution >= 4 is 51.9 Å². The van der Waals surface area contributed by atoms with Gasteiger partial charge in [-0.05, 0) is 85.2 Å². The number of nitrogens with two attached hydrogens (primary N) is 1. The molecule has 2 amide bonds. The first kappa shape index (κ1) is 30.7. The average molecular weight is 619 g/mol. The smallest absolute Gasteiger partial charge is 0.260 e. The number of aryl methyl sites for hydroxylation is 1. The number of rotatable bonds is 10. The zero-order valence-corrected chi connectivity index (χ0v) is 26.2. The maximum absolute atomic E-state index is 13.5. The first-order valence-electron chi connectivity index (χ1n) is 15.5. The van der Waals surface area contributed by atoms with Gasteiger partial charge < -0.3 is 30.1 Å². The number of nitrogen functional groups attached to an aromatic ring is 1. The van der Waals surface area contributed by atoms with E-state index in [1.54, 1.807) is 28.0 Å². The van der Waals surface area contributed by atoms with Crippen LogP contribution in [0.4, 0.5) is 17.1 Å². The van der Waals surface area contributed by atoms with Crippen molar-refractivity contribution in [2.75, 3.05) is 37.4 Å². The van der Waals surface area contributed by atoms with Crippen molar-refractivity contribution in [2.45, 2.75) is 39.0 Å². The second-order valence-corrected chi connectivity index (χ2v) is 11.7. The summed E-state index contributed by atoms with van der Waals surface area (Å²) in [4.78, 5) is 34.3. The van der Waals surface area contributed by atoms with Gasteiger partial charge in [0.2, 0.25) is 5.91 Å². The molecule has 3 N–H and O–H groups in total. The van der Waals surface area contributed by atoms with E-state index in [9.17, 15) is 14.7 Å². The van der Waals surface area contributed by atoms with E-state index in [-0.39, 0.29) is 17.6 Å². The molecule has 9 nitrogen and oxygen atoms in total. The summed E-state index contributed by atoms with van der Waals surface area (Å²) in [6, 6.07) is 18.5. The lowest BCUT2D eigenvalue weighted by Gasteiger charge is -2.19. The number of carbonyl (C=O) groups is 2. The number of hydrogen-bond donors (Lipinski definition) is 2. The van der Waals surface area contributed by atoms with Crippen molar-refractivity contribution in [1.29, 1.82) is 0 Å². The Kier molecular flexibility index (Phi) is 8.66. The Morgan fingerprint density at radius 1 is 1.02 bits per heavy atom. The van der Waals surface area contributed by atoms with E-state index in [4.69, 9.17) is 15.2 Å². The van der Waals surface area contributed by atoms with Crippen LogP contribution in [-0.2, 0) is 11.2 Å². The first-order valence-corrected chi connectivity index (χ1v) is 15.5. The summed E-state index contributed by atoms with van der Waals surface area (Å²) < 4.78 is 11.6. The van der Waals surface area contributed by atoms with Crippen molar-refractivity contribution in [2.24, 2.45) is 4.99 Å². The van der Waals surface area contributed by atoms with Gasteiger partial charge in [-0.2, -0.15) is 0 Å². The third-order valence-corrected chi connectivity index (χ3v) is 8.81. The maximum atomic E-state index is 13.5. The van der Waals surface area contributed by atoms with Crippen LogP contribution in [0.3, 0.4) is 0 Å². The fraction of sp³-hybridized carbons (Fsp3) is 0.270. The van der Waals surface area contributed by atoms with Crippen LogP contribution >= 0.6 is 0 Å². The molecule has 6 rings (SSSR count). The van der Waals surface area contributed by atoms with Crippen LogP contribution in [0.2, 0.25) is 0 Å². The van der Waals surface area contributed by atoms with Crippen LogP contribution in [0, 0.1) is 6.92 Å².